The molecule has 0 aliphatic rings. The second-order valence-electron chi connectivity index (χ2n) is 3.15. The molecule has 0 saturated carbocycles. The third-order valence-electron chi connectivity index (χ3n) is 1.76. The molecule has 17 heavy (non-hydrogen) atoms. The molecule has 4 nitrogen and oxygen atoms in total. The molecule has 0 saturated heterocycles. The van der Waals surface area contributed by atoms with Gasteiger partial charge >= 0.3 is 6.36 Å². The molecule has 0 bridgehead atoms. The Bertz CT molecular complexity index is 478. The number of hydrogen-bond donors (Lipinski definition) is 1. The van der Waals surface area contributed by atoms with Gasteiger partial charge in [-0.25, -0.2) is 0 Å². The van der Waals surface area contributed by atoms with Crippen molar-refractivity contribution in [3.05, 3.63) is 42.3 Å². The molecule has 0 aliphatic heterocycles. The second-order valence-corrected chi connectivity index (χ2v) is 4.61. The van der Waals surface area contributed by atoms with E-state index in [9.17, 15) is 21.6 Å². The van der Waals surface area contributed by atoms with E-state index in [2.05, 4.69) is 11.7 Å². The SMILES string of the molecule is [CH2]c1ccc(C(OC(F)(F)F)S(=O)(=O)O)cc1. The maximum atomic E-state index is 12.0. The minimum atomic E-state index is -5.18. The van der Waals surface area contributed by atoms with Crippen molar-refractivity contribution in [2.75, 3.05) is 0 Å². The highest BCUT2D eigenvalue weighted by molar-refractivity contribution is 7.85. The van der Waals surface area contributed by atoms with E-state index in [1.54, 1.807) is 0 Å². The summed E-state index contributed by atoms with van der Waals surface area (Å²) in [7, 11) is -5.03. The summed E-state index contributed by atoms with van der Waals surface area (Å²) in [6.07, 6.45) is -5.18. The standard InChI is InChI=1S/C9H8F3O4S/c1-6-2-4-7(5-3-6)8(17(13,14)15)16-9(10,11)12/h2-5,8H,1H2,(H,13,14,15). The van der Waals surface area contributed by atoms with E-state index in [1.807, 2.05) is 0 Å². The first kappa shape index (κ1) is 13.9. The Morgan fingerprint density at radius 2 is 1.71 bits per heavy atom. The highest BCUT2D eigenvalue weighted by atomic mass is 32.2. The summed E-state index contributed by atoms with van der Waals surface area (Å²) in [5.41, 5.74) is -2.35. The van der Waals surface area contributed by atoms with Gasteiger partial charge in [0.2, 0.25) is 5.44 Å². The molecule has 1 unspecified atom stereocenters. The fraction of sp³-hybridized carbons (Fsp3) is 0.222. The van der Waals surface area contributed by atoms with E-state index in [-0.39, 0.29) is 5.56 Å². The quantitative estimate of drug-likeness (QED) is 0.855. The number of alkyl halides is 3. The molecule has 1 radical (unpaired) electrons. The van der Waals surface area contributed by atoms with Crippen LogP contribution in [0.5, 0.6) is 0 Å². The Labute approximate surface area is 95.8 Å². The number of benzene rings is 1. The Kier molecular flexibility index (Phi) is 3.80. The lowest BCUT2D eigenvalue weighted by Crippen LogP contribution is -2.24. The zero-order chi connectivity index (χ0) is 13.3. The topological polar surface area (TPSA) is 63.6 Å². The Morgan fingerprint density at radius 1 is 1.24 bits per heavy atom. The summed E-state index contributed by atoms with van der Waals surface area (Å²) in [6.45, 7) is 3.48. The smallest absolute Gasteiger partial charge is 0.283 e. The second kappa shape index (κ2) is 4.63. The van der Waals surface area contributed by atoms with Gasteiger partial charge in [-0.15, -0.1) is 13.2 Å². The summed E-state index contributed by atoms with van der Waals surface area (Å²) in [5.74, 6) is 0. The normalized spacial score (nSPS) is 14.6. The zero-order valence-corrected chi connectivity index (χ0v) is 9.12. The van der Waals surface area contributed by atoms with E-state index in [0.717, 1.165) is 12.1 Å². The summed E-state index contributed by atoms with van der Waals surface area (Å²) >= 11 is 0. The predicted octanol–water partition coefficient (Wildman–Crippen LogP) is 2.29. The largest absolute Gasteiger partial charge is 0.524 e. The van der Waals surface area contributed by atoms with Crippen molar-refractivity contribution >= 4 is 10.1 Å². The molecule has 1 rings (SSSR count). The maximum absolute atomic E-state index is 12.0. The molecule has 0 heterocycles. The van der Waals surface area contributed by atoms with Crippen LogP contribution in [0.1, 0.15) is 16.6 Å². The van der Waals surface area contributed by atoms with Crippen LogP contribution in [0, 0.1) is 6.92 Å². The van der Waals surface area contributed by atoms with Crippen molar-refractivity contribution in [3.63, 3.8) is 0 Å². The minimum Gasteiger partial charge on any atom is -0.283 e. The summed E-state index contributed by atoms with van der Waals surface area (Å²) < 4.78 is 69.7. The van der Waals surface area contributed by atoms with Gasteiger partial charge in [0.05, 0.1) is 0 Å². The van der Waals surface area contributed by atoms with Crippen LogP contribution in [0.2, 0.25) is 0 Å². The van der Waals surface area contributed by atoms with Crippen LogP contribution in [-0.4, -0.2) is 19.3 Å². The van der Waals surface area contributed by atoms with Crippen molar-refractivity contribution in [1.82, 2.24) is 0 Å². The monoisotopic (exact) mass is 269 g/mol. The first-order valence-corrected chi connectivity index (χ1v) is 5.73. The molecule has 0 aliphatic carbocycles. The molecule has 1 N–H and O–H groups in total. The molecule has 0 fully saturated rings. The summed E-state index contributed by atoms with van der Waals surface area (Å²) in [4.78, 5) is 0. The van der Waals surface area contributed by atoms with Crippen LogP contribution in [0.15, 0.2) is 24.3 Å². The first-order chi connectivity index (χ1) is 7.59. The molecular weight excluding hydrogens is 261 g/mol. The molecule has 1 aromatic carbocycles. The number of hydrogen-bond acceptors (Lipinski definition) is 3. The average Bonchev–Trinajstić information content (AvgIpc) is 2.13. The third-order valence-corrected chi connectivity index (χ3v) is 2.67. The van der Waals surface area contributed by atoms with Gasteiger partial charge in [0.25, 0.3) is 10.1 Å². The fourth-order valence-corrected chi connectivity index (χ4v) is 1.83. The van der Waals surface area contributed by atoms with Crippen molar-refractivity contribution in [3.8, 4) is 0 Å². The van der Waals surface area contributed by atoms with E-state index < -0.39 is 21.9 Å². The first-order valence-electron chi connectivity index (χ1n) is 4.22. The van der Waals surface area contributed by atoms with E-state index in [0.29, 0.717) is 5.56 Å². The van der Waals surface area contributed by atoms with Gasteiger partial charge in [-0.3, -0.25) is 9.29 Å². The molecule has 95 valence electrons. The number of ether oxygens (including phenoxy) is 1. The molecule has 1 aromatic rings. The summed E-state index contributed by atoms with van der Waals surface area (Å²) in [5, 5.41) is 0. The van der Waals surface area contributed by atoms with Crippen molar-refractivity contribution < 1.29 is 30.9 Å². The number of halogens is 3. The van der Waals surface area contributed by atoms with Crippen LogP contribution in [0.3, 0.4) is 0 Å². The van der Waals surface area contributed by atoms with Gasteiger partial charge in [0.1, 0.15) is 0 Å². The molecular formula is C9H8F3O4S. The third kappa shape index (κ3) is 4.33. The van der Waals surface area contributed by atoms with Crippen molar-refractivity contribution in [2.45, 2.75) is 11.8 Å². The average molecular weight is 269 g/mol. The van der Waals surface area contributed by atoms with E-state index in [1.165, 1.54) is 12.1 Å². The van der Waals surface area contributed by atoms with Crippen LogP contribution < -0.4 is 0 Å². The summed E-state index contributed by atoms with van der Waals surface area (Å²) in [6, 6.07) is 4.75. The van der Waals surface area contributed by atoms with Gasteiger partial charge in [-0.05, 0) is 18.1 Å². The Balaban J connectivity index is 3.12. The van der Waals surface area contributed by atoms with E-state index >= 15 is 0 Å². The maximum Gasteiger partial charge on any atom is 0.524 e. The van der Waals surface area contributed by atoms with Crippen molar-refractivity contribution in [2.24, 2.45) is 0 Å². The highest BCUT2D eigenvalue weighted by Crippen LogP contribution is 2.31. The van der Waals surface area contributed by atoms with Crippen LogP contribution in [0.4, 0.5) is 13.2 Å². The van der Waals surface area contributed by atoms with Crippen molar-refractivity contribution in [1.29, 1.82) is 0 Å². The van der Waals surface area contributed by atoms with Crippen LogP contribution in [0.25, 0.3) is 0 Å². The molecule has 1 atom stereocenters. The predicted molar refractivity (Wildman–Crippen MR) is 52.3 cm³/mol. The van der Waals surface area contributed by atoms with Crippen LogP contribution in [-0.2, 0) is 14.9 Å². The highest BCUT2D eigenvalue weighted by Gasteiger charge is 2.40. The Morgan fingerprint density at radius 3 is 2.06 bits per heavy atom. The van der Waals surface area contributed by atoms with Gasteiger partial charge in [0, 0.05) is 0 Å². The molecule has 8 heteroatoms. The fourth-order valence-electron chi connectivity index (χ4n) is 1.10. The zero-order valence-electron chi connectivity index (χ0n) is 8.31. The lowest BCUT2D eigenvalue weighted by atomic mass is 10.2. The van der Waals surface area contributed by atoms with Crippen LogP contribution >= 0.6 is 0 Å². The van der Waals surface area contributed by atoms with Gasteiger partial charge in [-0.2, -0.15) is 8.42 Å². The van der Waals surface area contributed by atoms with Gasteiger partial charge in [0.15, 0.2) is 0 Å². The molecule has 0 amide bonds. The van der Waals surface area contributed by atoms with Gasteiger partial charge in [-0.1, -0.05) is 24.3 Å². The lowest BCUT2D eigenvalue weighted by Gasteiger charge is -2.17. The van der Waals surface area contributed by atoms with Gasteiger partial charge < -0.3 is 0 Å². The molecule has 0 spiro atoms. The minimum absolute atomic E-state index is 0.336. The lowest BCUT2D eigenvalue weighted by molar-refractivity contribution is -0.333. The molecule has 0 aromatic heterocycles. The Hall–Kier alpha value is -1.12. The number of rotatable bonds is 3. The van der Waals surface area contributed by atoms with E-state index in [4.69, 9.17) is 4.55 Å².